The summed E-state index contributed by atoms with van der Waals surface area (Å²) in [5.41, 5.74) is 5.34. The van der Waals surface area contributed by atoms with Gasteiger partial charge in [0.15, 0.2) is 5.43 Å². The molecule has 1 aromatic carbocycles. The Labute approximate surface area is 156 Å². The van der Waals surface area contributed by atoms with Gasteiger partial charge in [-0.1, -0.05) is 38.5 Å². The lowest BCUT2D eigenvalue weighted by atomic mass is 10.0. The third-order valence-electron chi connectivity index (χ3n) is 5.11. The molecule has 1 heterocycles. The topological polar surface area (TPSA) is 51.1 Å². The van der Waals surface area contributed by atoms with Crippen LogP contribution in [-0.4, -0.2) is 10.5 Å². The SMILES string of the molecule is CCCCn1c(C)c(C(=O)Nc2c(C)cccc2C)c(=O)c(C)c1CC. The van der Waals surface area contributed by atoms with Crippen molar-refractivity contribution in [3.8, 4) is 0 Å². The van der Waals surface area contributed by atoms with Gasteiger partial charge in [0.25, 0.3) is 5.91 Å². The summed E-state index contributed by atoms with van der Waals surface area (Å²) in [7, 11) is 0. The van der Waals surface area contributed by atoms with Crippen LogP contribution < -0.4 is 10.7 Å². The van der Waals surface area contributed by atoms with Crippen LogP contribution in [0.15, 0.2) is 23.0 Å². The molecule has 0 spiro atoms. The molecule has 1 aromatic heterocycles. The van der Waals surface area contributed by atoms with Crippen molar-refractivity contribution in [1.29, 1.82) is 0 Å². The molecule has 26 heavy (non-hydrogen) atoms. The number of carbonyl (C=O) groups excluding carboxylic acids is 1. The van der Waals surface area contributed by atoms with Gasteiger partial charge >= 0.3 is 0 Å². The zero-order valence-electron chi connectivity index (χ0n) is 16.8. The van der Waals surface area contributed by atoms with E-state index in [2.05, 4.69) is 23.7 Å². The minimum Gasteiger partial charge on any atom is -0.348 e. The number of benzene rings is 1. The maximum Gasteiger partial charge on any atom is 0.261 e. The molecule has 0 saturated heterocycles. The van der Waals surface area contributed by atoms with Crippen molar-refractivity contribution in [2.24, 2.45) is 0 Å². The number of rotatable bonds is 6. The molecule has 0 aliphatic carbocycles. The van der Waals surface area contributed by atoms with Crippen LogP contribution in [0, 0.1) is 27.7 Å². The lowest BCUT2D eigenvalue weighted by molar-refractivity contribution is 0.102. The summed E-state index contributed by atoms with van der Waals surface area (Å²) < 4.78 is 2.15. The van der Waals surface area contributed by atoms with Gasteiger partial charge in [0.2, 0.25) is 0 Å². The summed E-state index contributed by atoms with van der Waals surface area (Å²) >= 11 is 0. The van der Waals surface area contributed by atoms with Crippen LogP contribution in [0.5, 0.6) is 0 Å². The summed E-state index contributed by atoms with van der Waals surface area (Å²) in [6, 6.07) is 5.88. The summed E-state index contributed by atoms with van der Waals surface area (Å²) in [5, 5.41) is 2.97. The second-order valence-corrected chi connectivity index (χ2v) is 6.94. The maximum absolute atomic E-state index is 13.0. The largest absolute Gasteiger partial charge is 0.348 e. The third-order valence-corrected chi connectivity index (χ3v) is 5.11. The number of para-hydroxylation sites is 1. The fourth-order valence-electron chi connectivity index (χ4n) is 3.55. The first-order valence-electron chi connectivity index (χ1n) is 9.43. The van der Waals surface area contributed by atoms with E-state index in [1.807, 2.05) is 45.9 Å². The number of hydrogen-bond acceptors (Lipinski definition) is 2. The van der Waals surface area contributed by atoms with E-state index in [0.717, 1.165) is 54.0 Å². The average molecular weight is 354 g/mol. The fourth-order valence-corrected chi connectivity index (χ4v) is 3.55. The van der Waals surface area contributed by atoms with Crippen molar-refractivity contribution in [3.05, 3.63) is 62.1 Å². The van der Waals surface area contributed by atoms with Gasteiger partial charge in [-0.2, -0.15) is 0 Å². The number of amides is 1. The molecule has 0 bridgehead atoms. The van der Waals surface area contributed by atoms with E-state index in [9.17, 15) is 9.59 Å². The van der Waals surface area contributed by atoms with Gasteiger partial charge in [0.1, 0.15) is 5.56 Å². The number of aryl methyl sites for hydroxylation is 2. The monoisotopic (exact) mass is 354 g/mol. The maximum atomic E-state index is 13.0. The minimum atomic E-state index is -0.319. The predicted octanol–water partition coefficient (Wildman–Crippen LogP) is 4.70. The van der Waals surface area contributed by atoms with E-state index >= 15 is 0 Å². The Hall–Kier alpha value is -2.36. The van der Waals surface area contributed by atoms with Crippen LogP contribution in [0.25, 0.3) is 0 Å². The number of nitrogens with one attached hydrogen (secondary N) is 1. The number of carbonyl (C=O) groups is 1. The van der Waals surface area contributed by atoms with Crippen molar-refractivity contribution in [2.75, 3.05) is 5.32 Å². The second-order valence-electron chi connectivity index (χ2n) is 6.94. The van der Waals surface area contributed by atoms with Gasteiger partial charge < -0.3 is 9.88 Å². The minimum absolute atomic E-state index is 0.157. The molecule has 1 amide bonds. The molecule has 0 unspecified atom stereocenters. The lowest BCUT2D eigenvalue weighted by Gasteiger charge is -2.21. The summed E-state index contributed by atoms with van der Waals surface area (Å²) in [6.07, 6.45) is 2.87. The molecule has 140 valence electrons. The summed E-state index contributed by atoms with van der Waals surface area (Å²) in [5.74, 6) is -0.319. The zero-order valence-corrected chi connectivity index (χ0v) is 16.8. The Bertz CT molecular complexity index is 858. The molecule has 0 fully saturated rings. The Morgan fingerprint density at radius 1 is 1.08 bits per heavy atom. The molecule has 0 saturated carbocycles. The number of hydrogen-bond donors (Lipinski definition) is 1. The molecule has 0 aliphatic heterocycles. The van der Waals surface area contributed by atoms with Gasteiger partial charge in [-0.05, 0) is 51.7 Å². The van der Waals surface area contributed by atoms with E-state index in [1.165, 1.54) is 0 Å². The molecule has 2 aromatic rings. The summed E-state index contributed by atoms with van der Waals surface area (Å²) in [6.45, 7) is 12.7. The quantitative estimate of drug-likeness (QED) is 0.818. The van der Waals surface area contributed by atoms with E-state index < -0.39 is 0 Å². The van der Waals surface area contributed by atoms with Gasteiger partial charge in [0.05, 0.1) is 0 Å². The van der Waals surface area contributed by atoms with Crippen LogP contribution in [-0.2, 0) is 13.0 Å². The molecule has 4 nitrogen and oxygen atoms in total. The molecule has 0 aliphatic rings. The highest BCUT2D eigenvalue weighted by atomic mass is 16.2. The molecule has 0 atom stereocenters. The van der Waals surface area contributed by atoms with Gasteiger partial charge in [-0.3, -0.25) is 9.59 Å². The number of pyridine rings is 1. The van der Waals surface area contributed by atoms with Gasteiger partial charge in [-0.25, -0.2) is 0 Å². The normalized spacial score (nSPS) is 10.8. The number of nitrogens with zero attached hydrogens (tertiary/aromatic N) is 1. The van der Waals surface area contributed by atoms with E-state index in [0.29, 0.717) is 5.56 Å². The van der Waals surface area contributed by atoms with Crippen LogP contribution in [0.2, 0.25) is 0 Å². The number of unbranched alkanes of at least 4 members (excludes halogenated alkanes) is 1. The van der Waals surface area contributed by atoms with Gasteiger partial charge in [-0.15, -0.1) is 0 Å². The molecule has 4 heteroatoms. The van der Waals surface area contributed by atoms with E-state index in [-0.39, 0.29) is 16.9 Å². The Kier molecular flexibility index (Phi) is 6.41. The van der Waals surface area contributed by atoms with Crippen molar-refractivity contribution >= 4 is 11.6 Å². The molecule has 0 radical (unpaired) electrons. The lowest BCUT2D eigenvalue weighted by Crippen LogP contribution is -2.30. The summed E-state index contributed by atoms with van der Waals surface area (Å²) in [4.78, 5) is 25.9. The van der Waals surface area contributed by atoms with Crippen LogP contribution in [0.3, 0.4) is 0 Å². The first kappa shape index (κ1) is 20.0. The van der Waals surface area contributed by atoms with Crippen molar-refractivity contribution in [3.63, 3.8) is 0 Å². The Morgan fingerprint density at radius 2 is 1.69 bits per heavy atom. The predicted molar refractivity (Wildman–Crippen MR) is 108 cm³/mol. The highest BCUT2D eigenvalue weighted by Crippen LogP contribution is 2.21. The molecular formula is C22H30N2O2. The van der Waals surface area contributed by atoms with Crippen LogP contribution in [0.1, 0.15) is 65.1 Å². The highest BCUT2D eigenvalue weighted by Gasteiger charge is 2.22. The van der Waals surface area contributed by atoms with Gasteiger partial charge in [0, 0.05) is 29.2 Å². The Balaban J connectivity index is 2.56. The number of anilines is 1. The molecule has 1 N–H and O–H groups in total. The van der Waals surface area contributed by atoms with Crippen LogP contribution >= 0.6 is 0 Å². The molecular weight excluding hydrogens is 324 g/mol. The standard InChI is InChI=1S/C22H30N2O2/c1-7-9-13-24-17(6)19(21(25)16(5)18(24)8-2)22(26)23-20-14(3)11-10-12-15(20)4/h10-12H,7-9,13H2,1-6H3,(H,23,26). The first-order valence-corrected chi connectivity index (χ1v) is 9.43. The third kappa shape index (κ3) is 3.74. The Morgan fingerprint density at radius 3 is 2.23 bits per heavy atom. The van der Waals surface area contributed by atoms with E-state index in [4.69, 9.17) is 0 Å². The zero-order chi connectivity index (χ0) is 19.4. The van der Waals surface area contributed by atoms with Crippen molar-refractivity contribution < 1.29 is 4.79 Å². The average Bonchev–Trinajstić information content (AvgIpc) is 2.60. The van der Waals surface area contributed by atoms with Crippen molar-refractivity contribution in [1.82, 2.24) is 4.57 Å². The van der Waals surface area contributed by atoms with Crippen LogP contribution in [0.4, 0.5) is 5.69 Å². The molecule has 2 rings (SSSR count). The highest BCUT2D eigenvalue weighted by molar-refractivity contribution is 6.05. The fraction of sp³-hybridized carbons (Fsp3) is 0.455. The number of aromatic nitrogens is 1. The van der Waals surface area contributed by atoms with E-state index in [1.54, 1.807) is 0 Å². The smallest absolute Gasteiger partial charge is 0.261 e. The van der Waals surface area contributed by atoms with Crippen molar-refractivity contribution in [2.45, 2.75) is 67.3 Å². The second kappa shape index (κ2) is 8.35. The first-order chi connectivity index (χ1) is 12.3.